The third-order valence-electron chi connectivity index (χ3n) is 8.75. The number of fused-ring (bicyclic) bond motifs is 2. The number of nitrogen functional groups attached to an aromatic ring is 1. The van der Waals surface area contributed by atoms with Gasteiger partial charge in [0.2, 0.25) is 0 Å². The average Bonchev–Trinajstić information content (AvgIpc) is 3.36. The number of carbonyl (C=O) groups excluding carboxylic acids is 2. The molecule has 46 heavy (non-hydrogen) atoms. The van der Waals surface area contributed by atoms with Crippen LogP contribution in [0.3, 0.4) is 0 Å². The van der Waals surface area contributed by atoms with Crippen molar-refractivity contribution in [1.29, 1.82) is 0 Å². The fraction of sp³-hybridized carbons (Fsp3) is 0.531. The molecule has 0 atom stereocenters. The lowest BCUT2D eigenvalue weighted by atomic mass is 9.73. The number of H-pyrrole nitrogens is 1. The van der Waals surface area contributed by atoms with Gasteiger partial charge in [0.15, 0.2) is 23.0 Å². The van der Waals surface area contributed by atoms with Crippen molar-refractivity contribution in [3.05, 3.63) is 51.5 Å². The van der Waals surface area contributed by atoms with Crippen molar-refractivity contribution in [1.82, 2.24) is 34.8 Å². The maximum Gasteiger partial charge on any atom is 0.327 e. The fourth-order valence-corrected chi connectivity index (χ4v) is 5.88. The van der Waals surface area contributed by atoms with Crippen molar-refractivity contribution in [2.45, 2.75) is 46.6 Å². The highest BCUT2D eigenvalue weighted by Crippen LogP contribution is 2.38. The topological polar surface area (TPSA) is 181 Å². The number of ketones is 2. The molecule has 1 fully saturated rings. The van der Waals surface area contributed by atoms with Gasteiger partial charge in [-0.25, -0.2) is 10.3 Å². The smallest absolute Gasteiger partial charge is 0.327 e. The van der Waals surface area contributed by atoms with E-state index in [0.717, 1.165) is 45.6 Å². The number of hydrogen-bond acceptors (Lipinski definition) is 12. The minimum absolute atomic E-state index is 0.158. The highest BCUT2D eigenvalue weighted by molar-refractivity contribution is 6.26. The number of imidazole rings is 1. The number of aromatic nitrogens is 4. The molecule has 2 aromatic heterocycles. The van der Waals surface area contributed by atoms with Crippen LogP contribution in [0, 0.1) is 5.41 Å². The van der Waals surface area contributed by atoms with Crippen molar-refractivity contribution >= 4 is 28.5 Å². The lowest BCUT2D eigenvalue weighted by Gasteiger charge is -2.37. The van der Waals surface area contributed by atoms with Crippen LogP contribution in [0.5, 0.6) is 11.8 Å². The number of unbranched alkanes of at least 4 members (excludes halogenated alkanes) is 1. The quantitative estimate of drug-likeness (QED) is 0.141. The predicted octanol–water partition coefficient (Wildman–Crippen LogP) is 2.28. The van der Waals surface area contributed by atoms with E-state index in [9.17, 15) is 14.4 Å². The van der Waals surface area contributed by atoms with Crippen LogP contribution in [0.15, 0.2) is 34.6 Å². The van der Waals surface area contributed by atoms with Crippen LogP contribution in [-0.4, -0.2) is 105 Å². The molecule has 0 bridgehead atoms. The Hall–Kier alpha value is -4.11. The molecule has 5 rings (SSSR count). The first-order chi connectivity index (χ1) is 22.1. The summed E-state index contributed by atoms with van der Waals surface area (Å²) in [5.74, 6) is 0.121. The summed E-state index contributed by atoms with van der Waals surface area (Å²) in [6, 6.07) is 5.21. The van der Waals surface area contributed by atoms with Crippen molar-refractivity contribution in [2.24, 2.45) is 5.41 Å². The summed E-state index contributed by atoms with van der Waals surface area (Å²) < 4.78 is 12.9. The zero-order chi connectivity index (χ0) is 32.8. The SMILES string of the molecule is CCCCOc1nc(N)c2[nH]c(=O)n(CCN3CCN(CCC(C)(C)C4=CC(=O)c5c(OCCNO)cccc5C4=O)CC3)c2n1. The number of hydrogen-bond donors (Lipinski definition) is 4. The van der Waals surface area contributed by atoms with Crippen LogP contribution in [0.2, 0.25) is 0 Å². The fourth-order valence-electron chi connectivity index (χ4n) is 5.88. The molecule has 0 radical (unpaired) electrons. The van der Waals surface area contributed by atoms with Crippen LogP contribution in [-0.2, 0) is 6.54 Å². The van der Waals surface area contributed by atoms with Crippen molar-refractivity contribution in [3.63, 3.8) is 0 Å². The number of anilines is 1. The van der Waals surface area contributed by atoms with Crippen LogP contribution in [0.4, 0.5) is 5.82 Å². The highest BCUT2D eigenvalue weighted by atomic mass is 16.5. The van der Waals surface area contributed by atoms with Gasteiger partial charge in [-0.05, 0) is 36.9 Å². The second-order valence-corrected chi connectivity index (χ2v) is 12.4. The molecule has 1 aliphatic heterocycles. The number of piperazine rings is 1. The highest BCUT2D eigenvalue weighted by Gasteiger charge is 2.36. The van der Waals surface area contributed by atoms with E-state index in [2.05, 4.69) is 31.7 Å². The first-order valence-corrected chi connectivity index (χ1v) is 15.9. The number of nitrogens with two attached hydrogens (primary N) is 1. The normalized spacial score (nSPS) is 16.1. The van der Waals surface area contributed by atoms with E-state index < -0.39 is 5.41 Å². The number of Topliss-reactive ketones (excluding diaryl/α,β-unsaturated/α-hetero) is 1. The summed E-state index contributed by atoms with van der Waals surface area (Å²) in [6.45, 7) is 12.2. The molecule has 5 N–H and O–H groups in total. The van der Waals surface area contributed by atoms with Gasteiger partial charge in [0.05, 0.1) is 18.7 Å². The van der Waals surface area contributed by atoms with Crippen molar-refractivity contribution in [2.75, 3.05) is 64.8 Å². The summed E-state index contributed by atoms with van der Waals surface area (Å²) >= 11 is 0. The number of nitrogens with one attached hydrogen (secondary N) is 2. The van der Waals surface area contributed by atoms with E-state index in [4.69, 9.17) is 20.4 Å². The first-order valence-electron chi connectivity index (χ1n) is 15.9. The van der Waals surface area contributed by atoms with Gasteiger partial charge in [0, 0.05) is 50.4 Å². The average molecular weight is 637 g/mol. The largest absolute Gasteiger partial charge is 0.491 e. The number of allylic oxidation sites excluding steroid dienone is 2. The van der Waals surface area contributed by atoms with Crippen LogP contribution in [0.25, 0.3) is 11.2 Å². The van der Waals surface area contributed by atoms with Gasteiger partial charge in [-0.1, -0.05) is 39.3 Å². The summed E-state index contributed by atoms with van der Waals surface area (Å²) in [4.78, 5) is 55.6. The van der Waals surface area contributed by atoms with E-state index in [1.807, 2.05) is 19.3 Å². The minimum Gasteiger partial charge on any atom is -0.491 e. The molecule has 0 spiro atoms. The van der Waals surface area contributed by atoms with E-state index in [0.29, 0.717) is 54.2 Å². The van der Waals surface area contributed by atoms with Crippen molar-refractivity contribution < 1.29 is 24.3 Å². The first kappa shape index (κ1) is 33.3. The summed E-state index contributed by atoms with van der Waals surface area (Å²) in [7, 11) is 0. The Labute approximate surface area is 267 Å². The molecule has 14 nitrogen and oxygen atoms in total. The zero-order valence-corrected chi connectivity index (χ0v) is 26.8. The molecular weight excluding hydrogens is 592 g/mol. The van der Waals surface area contributed by atoms with Crippen LogP contribution in [0.1, 0.15) is 60.7 Å². The molecule has 14 heteroatoms. The monoisotopic (exact) mass is 636 g/mol. The third kappa shape index (κ3) is 7.30. The molecular formula is C32H44N8O6. The second kappa shape index (κ2) is 14.5. The standard InChI is InChI=1S/C32H44N8O6/c1-4-5-18-46-30-36-28(33)26-29(37-30)40(31(43)35-26)17-16-39-14-12-38(13-15-39)11-9-32(2,3)22-20-23(41)25-21(27(22)42)7-6-8-24(25)45-19-10-34-44/h6-8,20,34,44H,4-5,9-19H2,1-3H3,(H,35,43)(H2,33,36,37). The Kier molecular flexibility index (Phi) is 10.5. The maximum atomic E-state index is 13.6. The Morgan fingerprint density at radius 3 is 2.48 bits per heavy atom. The van der Waals surface area contributed by atoms with E-state index in [1.54, 1.807) is 22.8 Å². The van der Waals surface area contributed by atoms with Gasteiger partial charge in [-0.2, -0.15) is 9.97 Å². The Balaban J connectivity index is 1.15. The Morgan fingerprint density at radius 1 is 1.02 bits per heavy atom. The minimum atomic E-state index is -0.515. The van der Waals surface area contributed by atoms with Gasteiger partial charge in [0.25, 0.3) is 0 Å². The number of aromatic amines is 1. The van der Waals surface area contributed by atoms with Crippen molar-refractivity contribution in [3.8, 4) is 11.8 Å². The number of hydroxylamine groups is 1. The molecule has 3 heterocycles. The molecule has 1 aliphatic carbocycles. The van der Waals surface area contributed by atoms with E-state index in [-0.39, 0.29) is 47.8 Å². The summed E-state index contributed by atoms with van der Waals surface area (Å²) in [5, 5.41) is 8.81. The number of nitrogens with zero attached hydrogens (tertiary/aromatic N) is 5. The van der Waals surface area contributed by atoms with Gasteiger partial charge >= 0.3 is 11.7 Å². The second-order valence-electron chi connectivity index (χ2n) is 12.4. The summed E-state index contributed by atoms with van der Waals surface area (Å²) in [5.41, 5.74) is 9.29. The molecule has 2 aliphatic rings. The molecule has 1 aromatic carbocycles. The number of carbonyl (C=O) groups is 2. The Morgan fingerprint density at radius 2 is 1.76 bits per heavy atom. The third-order valence-corrected chi connectivity index (χ3v) is 8.75. The van der Waals surface area contributed by atoms with Gasteiger partial charge < -0.3 is 30.3 Å². The Bertz CT molecular complexity index is 1650. The van der Waals surface area contributed by atoms with Gasteiger partial charge in [0.1, 0.15) is 17.9 Å². The molecule has 0 amide bonds. The lowest BCUT2D eigenvalue weighted by molar-refractivity contribution is 0.0944. The predicted molar refractivity (Wildman–Crippen MR) is 173 cm³/mol. The maximum absolute atomic E-state index is 13.6. The van der Waals surface area contributed by atoms with E-state index >= 15 is 0 Å². The van der Waals surface area contributed by atoms with Gasteiger partial charge in [-0.15, -0.1) is 0 Å². The molecule has 0 unspecified atom stereocenters. The zero-order valence-electron chi connectivity index (χ0n) is 26.8. The number of ether oxygens (including phenoxy) is 2. The van der Waals surface area contributed by atoms with Crippen LogP contribution >= 0.6 is 0 Å². The number of benzene rings is 1. The molecule has 1 saturated heterocycles. The van der Waals surface area contributed by atoms with Gasteiger partial charge in [-0.3, -0.25) is 19.1 Å². The molecule has 3 aromatic rings. The number of rotatable bonds is 15. The molecule has 0 saturated carbocycles. The molecule has 248 valence electrons. The van der Waals surface area contributed by atoms with Crippen LogP contribution < -0.4 is 26.4 Å². The lowest BCUT2D eigenvalue weighted by Crippen LogP contribution is -2.48. The van der Waals surface area contributed by atoms with E-state index in [1.165, 1.54) is 6.08 Å². The summed E-state index contributed by atoms with van der Waals surface area (Å²) in [6.07, 6.45) is 4.02.